The number of unbranched alkanes of at least 4 members (excludes halogenated alkanes) is 1. The molecule has 1 fully saturated rings. The molecule has 4 nitrogen and oxygen atoms in total. The minimum atomic E-state index is 0.695. The third-order valence-corrected chi connectivity index (χ3v) is 3.32. The second-order valence-electron chi connectivity index (χ2n) is 4.90. The van der Waals surface area contributed by atoms with Crippen LogP contribution in [-0.2, 0) is 0 Å². The topological polar surface area (TPSA) is 38.2 Å². The fourth-order valence-corrected chi connectivity index (χ4v) is 2.31. The molecule has 0 unspecified atom stereocenters. The van der Waals surface area contributed by atoms with Gasteiger partial charge in [0, 0.05) is 12.3 Å². The largest absolute Gasteiger partial charge is 0.478 e. The molecule has 100 valence electrons. The zero-order valence-electron chi connectivity index (χ0n) is 11.3. The third kappa shape index (κ3) is 4.61. The summed E-state index contributed by atoms with van der Waals surface area (Å²) in [5.41, 5.74) is 0. The Bertz CT molecular complexity index is 351. The number of nitrogens with zero attached hydrogens (tertiary/aromatic N) is 3. The van der Waals surface area contributed by atoms with Gasteiger partial charge in [-0.2, -0.15) is 4.98 Å². The standard InChI is InChI=1S/C14H23N3O/c1-13-15-8-7-14(16-13)18-12-6-5-11-17-9-3-2-4-10-17/h7-8H,2-6,9-12H2,1H3. The SMILES string of the molecule is Cc1nccc(OCCCCN2CCCCC2)n1. The number of likely N-dealkylation sites (tertiary alicyclic amines) is 1. The van der Waals surface area contributed by atoms with Crippen LogP contribution in [0.1, 0.15) is 37.9 Å². The van der Waals surface area contributed by atoms with Gasteiger partial charge in [0.05, 0.1) is 6.61 Å². The van der Waals surface area contributed by atoms with Crippen LogP contribution in [0.3, 0.4) is 0 Å². The molecule has 0 aliphatic carbocycles. The molecular formula is C14H23N3O. The monoisotopic (exact) mass is 249 g/mol. The van der Waals surface area contributed by atoms with E-state index < -0.39 is 0 Å². The van der Waals surface area contributed by atoms with Crippen molar-refractivity contribution < 1.29 is 4.74 Å². The normalized spacial score (nSPS) is 16.7. The first kappa shape index (κ1) is 13.3. The lowest BCUT2D eigenvalue weighted by Crippen LogP contribution is -2.30. The minimum absolute atomic E-state index is 0.695. The van der Waals surface area contributed by atoms with E-state index in [0.717, 1.165) is 18.9 Å². The van der Waals surface area contributed by atoms with Gasteiger partial charge in [-0.1, -0.05) is 6.42 Å². The summed E-state index contributed by atoms with van der Waals surface area (Å²) in [6, 6.07) is 1.82. The minimum Gasteiger partial charge on any atom is -0.478 e. The van der Waals surface area contributed by atoms with Crippen molar-refractivity contribution in [3.05, 3.63) is 18.1 Å². The maximum absolute atomic E-state index is 5.61. The number of aromatic nitrogens is 2. The van der Waals surface area contributed by atoms with E-state index in [0.29, 0.717) is 5.88 Å². The first-order valence-electron chi connectivity index (χ1n) is 6.99. The van der Waals surface area contributed by atoms with Gasteiger partial charge in [-0.15, -0.1) is 0 Å². The van der Waals surface area contributed by atoms with E-state index in [2.05, 4.69) is 14.9 Å². The summed E-state index contributed by atoms with van der Waals surface area (Å²) in [5.74, 6) is 1.46. The van der Waals surface area contributed by atoms with Gasteiger partial charge in [-0.3, -0.25) is 0 Å². The molecule has 0 amide bonds. The van der Waals surface area contributed by atoms with Crippen molar-refractivity contribution in [2.75, 3.05) is 26.2 Å². The number of ether oxygens (including phenoxy) is 1. The lowest BCUT2D eigenvalue weighted by atomic mass is 10.1. The molecule has 0 radical (unpaired) electrons. The number of hydrogen-bond acceptors (Lipinski definition) is 4. The van der Waals surface area contributed by atoms with Gasteiger partial charge in [0.25, 0.3) is 0 Å². The molecule has 0 saturated carbocycles. The van der Waals surface area contributed by atoms with E-state index in [-0.39, 0.29) is 0 Å². The van der Waals surface area contributed by atoms with Crippen molar-refractivity contribution in [3.8, 4) is 5.88 Å². The molecule has 1 aromatic rings. The van der Waals surface area contributed by atoms with Gasteiger partial charge in [0.1, 0.15) is 5.82 Å². The molecule has 1 aromatic heterocycles. The second kappa shape index (κ2) is 7.31. The maximum Gasteiger partial charge on any atom is 0.216 e. The Morgan fingerprint density at radius 1 is 1.22 bits per heavy atom. The van der Waals surface area contributed by atoms with Crippen molar-refractivity contribution in [2.45, 2.75) is 39.0 Å². The number of piperidine rings is 1. The predicted octanol–water partition coefficient (Wildman–Crippen LogP) is 2.43. The van der Waals surface area contributed by atoms with Gasteiger partial charge in [-0.05, 0) is 52.2 Å². The summed E-state index contributed by atoms with van der Waals surface area (Å²) in [6.45, 7) is 6.41. The number of rotatable bonds is 6. The highest BCUT2D eigenvalue weighted by molar-refractivity contribution is 5.07. The summed E-state index contributed by atoms with van der Waals surface area (Å²) in [7, 11) is 0. The molecule has 2 heterocycles. The summed E-state index contributed by atoms with van der Waals surface area (Å²) in [6.07, 6.45) is 8.20. The fourth-order valence-electron chi connectivity index (χ4n) is 2.31. The Kier molecular flexibility index (Phi) is 5.39. The van der Waals surface area contributed by atoms with E-state index in [9.17, 15) is 0 Å². The highest BCUT2D eigenvalue weighted by Crippen LogP contribution is 2.10. The van der Waals surface area contributed by atoms with Crippen LogP contribution >= 0.6 is 0 Å². The van der Waals surface area contributed by atoms with E-state index >= 15 is 0 Å². The van der Waals surface area contributed by atoms with E-state index in [1.165, 1.54) is 45.3 Å². The van der Waals surface area contributed by atoms with Crippen molar-refractivity contribution in [3.63, 3.8) is 0 Å². The molecule has 0 bridgehead atoms. The van der Waals surface area contributed by atoms with E-state index in [1.54, 1.807) is 6.20 Å². The van der Waals surface area contributed by atoms with Crippen molar-refractivity contribution >= 4 is 0 Å². The molecule has 0 N–H and O–H groups in total. The molecule has 1 saturated heterocycles. The van der Waals surface area contributed by atoms with Crippen LogP contribution in [-0.4, -0.2) is 41.1 Å². The zero-order chi connectivity index (χ0) is 12.6. The van der Waals surface area contributed by atoms with Gasteiger partial charge in [-0.25, -0.2) is 4.98 Å². The molecule has 1 aliphatic rings. The van der Waals surface area contributed by atoms with Crippen molar-refractivity contribution in [1.82, 2.24) is 14.9 Å². The van der Waals surface area contributed by atoms with Crippen LogP contribution < -0.4 is 4.74 Å². The van der Waals surface area contributed by atoms with Crippen LogP contribution in [0, 0.1) is 6.92 Å². The van der Waals surface area contributed by atoms with Gasteiger partial charge in [0.2, 0.25) is 5.88 Å². The maximum atomic E-state index is 5.61. The molecule has 0 spiro atoms. The highest BCUT2D eigenvalue weighted by Gasteiger charge is 2.08. The second-order valence-corrected chi connectivity index (χ2v) is 4.90. The molecule has 18 heavy (non-hydrogen) atoms. The average Bonchev–Trinajstić information content (AvgIpc) is 2.40. The Morgan fingerprint density at radius 3 is 2.83 bits per heavy atom. The Morgan fingerprint density at radius 2 is 2.06 bits per heavy atom. The smallest absolute Gasteiger partial charge is 0.216 e. The lowest BCUT2D eigenvalue weighted by Gasteiger charge is -2.26. The molecular weight excluding hydrogens is 226 g/mol. The van der Waals surface area contributed by atoms with E-state index in [4.69, 9.17) is 4.74 Å². The fraction of sp³-hybridized carbons (Fsp3) is 0.714. The number of hydrogen-bond donors (Lipinski definition) is 0. The highest BCUT2D eigenvalue weighted by atomic mass is 16.5. The van der Waals surface area contributed by atoms with Crippen molar-refractivity contribution in [2.24, 2.45) is 0 Å². The number of aryl methyl sites for hydroxylation is 1. The summed E-state index contributed by atoms with van der Waals surface area (Å²) in [4.78, 5) is 10.8. The Hall–Kier alpha value is -1.16. The lowest BCUT2D eigenvalue weighted by molar-refractivity contribution is 0.215. The molecule has 0 atom stereocenters. The molecule has 0 aromatic carbocycles. The molecule has 1 aliphatic heterocycles. The predicted molar refractivity (Wildman–Crippen MR) is 71.8 cm³/mol. The molecule has 4 heteroatoms. The van der Waals surface area contributed by atoms with E-state index in [1.807, 2.05) is 13.0 Å². The van der Waals surface area contributed by atoms with Crippen LogP contribution in [0.2, 0.25) is 0 Å². The van der Waals surface area contributed by atoms with Crippen LogP contribution in [0.5, 0.6) is 5.88 Å². The summed E-state index contributed by atoms with van der Waals surface area (Å²) >= 11 is 0. The van der Waals surface area contributed by atoms with Gasteiger partial charge >= 0.3 is 0 Å². The van der Waals surface area contributed by atoms with Gasteiger partial charge < -0.3 is 9.64 Å². The molecule has 2 rings (SSSR count). The zero-order valence-corrected chi connectivity index (χ0v) is 11.3. The van der Waals surface area contributed by atoms with Crippen molar-refractivity contribution in [1.29, 1.82) is 0 Å². The summed E-state index contributed by atoms with van der Waals surface area (Å²) in [5, 5.41) is 0. The van der Waals surface area contributed by atoms with Gasteiger partial charge in [0.15, 0.2) is 0 Å². The third-order valence-electron chi connectivity index (χ3n) is 3.32. The summed E-state index contributed by atoms with van der Waals surface area (Å²) < 4.78 is 5.61. The Labute approximate surface area is 109 Å². The van der Waals surface area contributed by atoms with Crippen LogP contribution in [0.15, 0.2) is 12.3 Å². The van der Waals surface area contributed by atoms with Crippen LogP contribution in [0.4, 0.5) is 0 Å². The van der Waals surface area contributed by atoms with Crippen LogP contribution in [0.25, 0.3) is 0 Å². The quantitative estimate of drug-likeness (QED) is 0.726. The first-order chi connectivity index (χ1) is 8.84. The average molecular weight is 249 g/mol. The first-order valence-corrected chi connectivity index (χ1v) is 6.99. The Balaban J connectivity index is 1.55.